The quantitative estimate of drug-likeness (QED) is 0.789. The van der Waals surface area contributed by atoms with E-state index in [0.717, 1.165) is 12.1 Å². The number of rotatable bonds is 2. The van der Waals surface area contributed by atoms with E-state index in [1.54, 1.807) is 24.3 Å². The van der Waals surface area contributed by atoms with Gasteiger partial charge in [0, 0.05) is 4.47 Å². The number of halogens is 4. The summed E-state index contributed by atoms with van der Waals surface area (Å²) in [5.41, 5.74) is 0.379. The fraction of sp³-hybridized carbons (Fsp3) is 0. The van der Waals surface area contributed by atoms with Gasteiger partial charge in [0.1, 0.15) is 0 Å². The van der Waals surface area contributed by atoms with Crippen molar-refractivity contribution >= 4 is 39.1 Å². The van der Waals surface area contributed by atoms with Gasteiger partial charge in [0.2, 0.25) is 0 Å². The number of para-hydroxylation sites is 1. The van der Waals surface area contributed by atoms with Crippen LogP contribution in [0.2, 0.25) is 5.02 Å². The van der Waals surface area contributed by atoms with Gasteiger partial charge < -0.3 is 5.32 Å². The molecule has 2 nitrogen and oxygen atoms in total. The lowest BCUT2D eigenvalue weighted by molar-refractivity contribution is 0.102. The van der Waals surface area contributed by atoms with Crippen LogP contribution in [-0.2, 0) is 0 Å². The highest BCUT2D eigenvalue weighted by Crippen LogP contribution is 2.24. The second kappa shape index (κ2) is 5.67. The summed E-state index contributed by atoms with van der Waals surface area (Å²) in [6, 6.07) is 8.45. The SMILES string of the molecule is O=C(Nc1ccccc1Br)c1cc(F)c(F)cc1Cl. The highest BCUT2D eigenvalue weighted by molar-refractivity contribution is 9.10. The molecule has 1 amide bonds. The molecule has 0 radical (unpaired) electrons. The van der Waals surface area contributed by atoms with Crippen molar-refractivity contribution in [3.8, 4) is 0 Å². The van der Waals surface area contributed by atoms with Crippen LogP contribution in [0, 0.1) is 11.6 Å². The lowest BCUT2D eigenvalue weighted by Crippen LogP contribution is -2.13. The van der Waals surface area contributed by atoms with Crippen molar-refractivity contribution in [1.82, 2.24) is 0 Å². The summed E-state index contributed by atoms with van der Waals surface area (Å²) in [7, 11) is 0. The second-order valence-electron chi connectivity index (χ2n) is 3.68. The fourth-order valence-electron chi connectivity index (χ4n) is 1.45. The van der Waals surface area contributed by atoms with Gasteiger partial charge >= 0.3 is 0 Å². The van der Waals surface area contributed by atoms with E-state index in [2.05, 4.69) is 21.2 Å². The van der Waals surface area contributed by atoms with Gasteiger partial charge in [-0.25, -0.2) is 8.78 Å². The topological polar surface area (TPSA) is 29.1 Å². The van der Waals surface area contributed by atoms with E-state index in [4.69, 9.17) is 11.6 Å². The molecule has 0 spiro atoms. The molecule has 0 atom stereocenters. The van der Waals surface area contributed by atoms with E-state index in [-0.39, 0.29) is 10.6 Å². The summed E-state index contributed by atoms with van der Waals surface area (Å²) in [5.74, 6) is -2.83. The molecule has 0 aliphatic rings. The van der Waals surface area contributed by atoms with Crippen LogP contribution in [0.3, 0.4) is 0 Å². The molecule has 0 saturated heterocycles. The third-order valence-electron chi connectivity index (χ3n) is 2.38. The number of nitrogens with one attached hydrogen (secondary N) is 1. The first-order chi connectivity index (χ1) is 8.99. The molecule has 0 heterocycles. The summed E-state index contributed by atoms with van der Waals surface area (Å²) in [6.45, 7) is 0. The Bertz CT molecular complexity index is 649. The maximum Gasteiger partial charge on any atom is 0.257 e. The third-order valence-corrected chi connectivity index (χ3v) is 3.38. The molecule has 0 aliphatic carbocycles. The zero-order chi connectivity index (χ0) is 14.0. The molecule has 19 heavy (non-hydrogen) atoms. The molecule has 0 unspecified atom stereocenters. The van der Waals surface area contributed by atoms with Crippen molar-refractivity contribution in [3.05, 3.63) is 63.1 Å². The van der Waals surface area contributed by atoms with Gasteiger partial charge in [-0.3, -0.25) is 4.79 Å². The minimum atomic E-state index is -1.12. The Kier molecular flexibility index (Phi) is 4.17. The Morgan fingerprint density at radius 2 is 1.79 bits per heavy atom. The van der Waals surface area contributed by atoms with Crippen LogP contribution in [0.5, 0.6) is 0 Å². The van der Waals surface area contributed by atoms with Gasteiger partial charge in [-0.2, -0.15) is 0 Å². The van der Waals surface area contributed by atoms with E-state index in [1.807, 2.05) is 0 Å². The highest BCUT2D eigenvalue weighted by atomic mass is 79.9. The maximum atomic E-state index is 13.1. The molecule has 2 rings (SSSR count). The Morgan fingerprint density at radius 1 is 1.16 bits per heavy atom. The lowest BCUT2D eigenvalue weighted by Gasteiger charge is -2.08. The van der Waals surface area contributed by atoms with Crippen LogP contribution in [0.25, 0.3) is 0 Å². The molecule has 0 bridgehead atoms. The zero-order valence-electron chi connectivity index (χ0n) is 9.38. The lowest BCUT2D eigenvalue weighted by atomic mass is 10.2. The van der Waals surface area contributed by atoms with E-state index in [0.29, 0.717) is 10.2 Å². The van der Waals surface area contributed by atoms with Crippen molar-refractivity contribution in [2.24, 2.45) is 0 Å². The smallest absolute Gasteiger partial charge is 0.257 e. The first kappa shape index (κ1) is 14.0. The molecule has 0 aromatic heterocycles. The summed E-state index contributed by atoms with van der Waals surface area (Å²) in [6.07, 6.45) is 0. The van der Waals surface area contributed by atoms with Crippen LogP contribution >= 0.6 is 27.5 Å². The van der Waals surface area contributed by atoms with Gasteiger partial charge in [0.15, 0.2) is 11.6 Å². The van der Waals surface area contributed by atoms with Crippen molar-refractivity contribution in [2.45, 2.75) is 0 Å². The number of hydrogen-bond donors (Lipinski definition) is 1. The average molecular weight is 347 g/mol. The van der Waals surface area contributed by atoms with Crippen LogP contribution in [0.15, 0.2) is 40.9 Å². The molecule has 6 heteroatoms. The molecule has 0 aliphatic heterocycles. The second-order valence-corrected chi connectivity index (χ2v) is 4.94. The largest absolute Gasteiger partial charge is 0.321 e. The van der Waals surface area contributed by atoms with E-state index >= 15 is 0 Å². The van der Waals surface area contributed by atoms with E-state index in [1.165, 1.54) is 0 Å². The predicted octanol–water partition coefficient (Wildman–Crippen LogP) is 4.63. The van der Waals surface area contributed by atoms with Crippen LogP contribution < -0.4 is 5.32 Å². The number of hydrogen-bond acceptors (Lipinski definition) is 1. The zero-order valence-corrected chi connectivity index (χ0v) is 11.7. The number of amides is 1. The molecular formula is C13H7BrClF2NO. The Hall–Kier alpha value is -1.46. The number of anilines is 1. The summed E-state index contributed by atoms with van der Waals surface area (Å²) in [5, 5.41) is 2.41. The molecule has 0 fully saturated rings. The van der Waals surface area contributed by atoms with Gasteiger partial charge in [0.05, 0.1) is 16.3 Å². The van der Waals surface area contributed by atoms with E-state index < -0.39 is 17.5 Å². The van der Waals surface area contributed by atoms with Crippen molar-refractivity contribution in [1.29, 1.82) is 0 Å². The van der Waals surface area contributed by atoms with E-state index in [9.17, 15) is 13.6 Å². The fourth-order valence-corrected chi connectivity index (χ4v) is 2.07. The molecular weight excluding hydrogens is 340 g/mol. The van der Waals surface area contributed by atoms with Crippen molar-refractivity contribution < 1.29 is 13.6 Å². The summed E-state index contributed by atoms with van der Waals surface area (Å²) in [4.78, 5) is 11.9. The molecule has 2 aromatic rings. The van der Waals surface area contributed by atoms with Crippen LogP contribution in [0.1, 0.15) is 10.4 Å². The van der Waals surface area contributed by atoms with Gasteiger partial charge in [-0.05, 0) is 40.2 Å². The third kappa shape index (κ3) is 3.11. The summed E-state index contributed by atoms with van der Waals surface area (Å²) < 4.78 is 26.7. The first-order valence-corrected chi connectivity index (χ1v) is 6.36. The highest BCUT2D eigenvalue weighted by Gasteiger charge is 2.15. The standard InChI is InChI=1S/C13H7BrClF2NO/c14-8-3-1-2-4-12(8)18-13(19)7-5-10(16)11(17)6-9(7)15/h1-6H,(H,18,19). The molecule has 98 valence electrons. The summed E-state index contributed by atoms with van der Waals surface area (Å²) >= 11 is 8.98. The Labute approximate surface area is 121 Å². The van der Waals surface area contributed by atoms with Crippen LogP contribution in [-0.4, -0.2) is 5.91 Å². The molecule has 2 aromatic carbocycles. The van der Waals surface area contributed by atoms with Crippen LogP contribution in [0.4, 0.5) is 14.5 Å². The normalized spacial score (nSPS) is 10.3. The van der Waals surface area contributed by atoms with Gasteiger partial charge in [0.25, 0.3) is 5.91 Å². The number of carbonyl (C=O) groups is 1. The number of carbonyl (C=O) groups excluding carboxylic acids is 1. The molecule has 1 N–H and O–H groups in total. The monoisotopic (exact) mass is 345 g/mol. The first-order valence-electron chi connectivity index (χ1n) is 5.19. The van der Waals surface area contributed by atoms with Gasteiger partial charge in [-0.1, -0.05) is 23.7 Å². The van der Waals surface area contributed by atoms with Crippen molar-refractivity contribution in [3.63, 3.8) is 0 Å². The Morgan fingerprint density at radius 3 is 2.47 bits per heavy atom. The number of benzene rings is 2. The van der Waals surface area contributed by atoms with Crippen molar-refractivity contribution in [2.75, 3.05) is 5.32 Å². The maximum absolute atomic E-state index is 13.1. The van der Waals surface area contributed by atoms with Gasteiger partial charge in [-0.15, -0.1) is 0 Å². The minimum Gasteiger partial charge on any atom is -0.321 e. The average Bonchev–Trinajstić information content (AvgIpc) is 2.36. The predicted molar refractivity (Wildman–Crippen MR) is 73.5 cm³/mol. The Balaban J connectivity index is 2.31. The molecule has 0 saturated carbocycles. The minimum absolute atomic E-state index is 0.128.